The summed E-state index contributed by atoms with van der Waals surface area (Å²) in [5.41, 5.74) is 6.28. The van der Waals surface area contributed by atoms with Crippen molar-refractivity contribution >= 4 is 5.69 Å². The molecule has 0 aliphatic carbocycles. The Morgan fingerprint density at radius 1 is 1.25 bits per heavy atom. The number of hydrogen-bond donors (Lipinski definition) is 1. The monoisotopic (exact) mass is 286 g/mol. The zero-order valence-corrected chi connectivity index (χ0v) is 11.7. The quantitative estimate of drug-likeness (QED) is 0.916. The van der Waals surface area contributed by atoms with Gasteiger partial charge in [0.15, 0.2) is 0 Å². The van der Waals surface area contributed by atoms with Crippen molar-refractivity contribution in [1.29, 1.82) is 0 Å². The maximum absolute atomic E-state index is 13.2. The lowest BCUT2D eigenvalue weighted by Crippen LogP contribution is -2.24. The van der Waals surface area contributed by atoms with Crippen molar-refractivity contribution in [2.45, 2.75) is 44.8 Å². The second kappa shape index (κ2) is 6.04. The molecule has 0 amide bonds. The van der Waals surface area contributed by atoms with Gasteiger partial charge in [-0.3, -0.25) is 0 Å². The molecular formula is C15H21F3N2. The lowest BCUT2D eigenvalue weighted by molar-refractivity contribution is -0.137. The van der Waals surface area contributed by atoms with E-state index in [0.29, 0.717) is 30.8 Å². The summed E-state index contributed by atoms with van der Waals surface area (Å²) < 4.78 is 39.7. The number of alkyl halides is 3. The van der Waals surface area contributed by atoms with Crippen LogP contribution >= 0.6 is 0 Å². The van der Waals surface area contributed by atoms with Gasteiger partial charge in [0, 0.05) is 24.8 Å². The molecule has 1 aromatic carbocycles. The summed E-state index contributed by atoms with van der Waals surface area (Å²) in [5.74, 6) is 0. The zero-order valence-electron chi connectivity index (χ0n) is 11.7. The van der Waals surface area contributed by atoms with Crippen molar-refractivity contribution in [3.63, 3.8) is 0 Å². The highest BCUT2D eigenvalue weighted by Gasteiger charge is 2.35. The van der Waals surface area contributed by atoms with Crippen LogP contribution in [0.3, 0.4) is 0 Å². The molecule has 1 heterocycles. The Morgan fingerprint density at radius 2 is 1.90 bits per heavy atom. The summed E-state index contributed by atoms with van der Waals surface area (Å²) in [4.78, 5) is 1.83. The van der Waals surface area contributed by atoms with Crippen LogP contribution in [0.2, 0.25) is 0 Å². The minimum absolute atomic E-state index is 0.0891. The van der Waals surface area contributed by atoms with Gasteiger partial charge in [0.25, 0.3) is 0 Å². The normalized spacial score (nSPS) is 17.6. The van der Waals surface area contributed by atoms with E-state index in [1.807, 2.05) is 11.8 Å². The average molecular weight is 286 g/mol. The second-order valence-corrected chi connectivity index (χ2v) is 5.42. The van der Waals surface area contributed by atoms with E-state index in [9.17, 15) is 13.2 Å². The number of halogens is 3. The Morgan fingerprint density at radius 3 is 2.45 bits per heavy atom. The molecule has 112 valence electrons. The van der Waals surface area contributed by atoms with Crippen LogP contribution in [0.1, 0.15) is 37.3 Å². The summed E-state index contributed by atoms with van der Waals surface area (Å²) in [6.07, 6.45) is -1.15. The van der Waals surface area contributed by atoms with Gasteiger partial charge in [0.05, 0.1) is 5.56 Å². The molecule has 1 atom stereocenters. The fraction of sp³-hybridized carbons (Fsp3) is 0.600. The van der Waals surface area contributed by atoms with Gasteiger partial charge in [0.2, 0.25) is 0 Å². The summed E-state index contributed by atoms with van der Waals surface area (Å²) in [6, 6.07) is 4.56. The van der Waals surface area contributed by atoms with E-state index >= 15 is 0 Å². The third kappa shape index (κ3) is 3.45. The Labute approximate surface area is 117 Å². The van der Waals surface area contributed by atoms with Crippen LogP contribution in [-0.2, 0) is 12.6 Å². The summed E-state index contributed by atoms with van der Waals surface area (Å²) >= 11 is 0. The summed E-state index contributed by atoms with van der Waals surface area (Å²) in [7, 11) is 0. The summed E-state index contributed by atoms with van der Waals surface area (Å²) in [5, 5.41) is 0. The van der Waals surface area contributed by atoms with E-state index < -0.39 is 11.7 Å². The molecule has 0 saturated carbocycles. The third-order valence-corrected chi connectivity index (χ3v) is 3.84. The van der Waals surface area contributed by atoms with Crippen molar-refractivity contribution in [1.82, 2.24) is 0 Å². The first-order valence-electron chi connectivity index (χ1n) is 7.12. The maximum Gasteiger partial charge on any atom is 0.418 e. The third-order valence-electron chi connectivity index (χ3n) is 3.84. The van der Waals surface area contributed by atoms with Crippen LogP contribution in [0, 0.1) is 0 Å². The first-order valence-corrected chi connectivity index (χ1v) is 7.12. The molecule has 2 N–H and O–H groups in total. The molecule has 1 fully saturated rings. The SMILES string of the molecule is CCC(N)Cc1ccc(N2CCCC2)c(C(F)(F)F)c1. The lowest BCUT2D eigenvalue weighted by Gasteiger charge is -2.23. The van der Waals surface area contributed by atoms with Gasteiger partial charge in [-0.1, -0.05) is 13.0 Å². The van der Waals surface area contributed by atoms with Crippen molar-refractivity contribution in [3.8, 4) is 0 Å². The fourth-order valence-electron chi connectivity index (χ4n) is 2.62. The molecule has 2 nitrogen and oxygen atoms in total. The molecule has 1 aliphatic rings. The van der Waals surface area contributed by atoms with Crippen molar-refractivity contribution in [2.24, 2.45) is 5.73 Å². The highest BCUT2D eigenvalue weighted by Crippen LogP contribution is 2.38. The first kappa shape index (κ1) is 15.2. The van der Waals surface area contributed by atoms with Crippen molar-refractivity contribution in [3.05, 3.63) is 29.3 Å². The molecule has 0 spiro atoms. The van der Waals surface area contributed by atoms with E-state index in [0.717, 1.165) is 19.3 Å². The van der Waals surface area contributed by atoms with Crippen LogP contribution in [0.25, 0.3) is 0 Å². The van der Waals surface area contributed by atoms with Gasteiger partial charge in [0.1, 0.15) is 0 Å². The molecule has 5 heteroatoms. The zero-order chi connectivity index (χ0) is 14.8. The molecule has 1 aromatic rings. The highest BCUT2D eigenvalue weighted by atomic mass is 19.4. The van der Waals surface area contributed by atoms with E-state index in [2.05, 4.69) is 0 Å². The molecule has 1 saturated heterocycles. The van der Waals surface area contributed by atoms with Gasteiger partial charge < -0.3 is 10.6 Å². The molecular weight excluding hydrogens is 265 g/mol. The number of rotatable bonds is 4. The van der Waals surface area contributed by atoms with Crippen LogP contribution in [0.4, 0.5) is 18.9 Å². The van der Waals surface area contributed by atoms with E-state index in [1.165, 1.54) is 6.07 Å². The smallest absolute Gasteiger partial charge is 0.371 e. The van der Waals surface area contributed by atoms with Crippen molar-refractivity contribution in [2.75, 3.05) is 18.0 Å². The van der Waals surface area contributed by atoms with E-state index in [4.69, 9.17) is 5.73 Å². The van der Waals surface area contributed by atoms with Crippen LogP contribution in [0.5, 0.6) is 0 Å². The molecule has 2 rings (SSSR count). The summed E-state index contributed by atoms with van der Waals surface area (Å²) in [6.45, 7) is 3.35. The Bertz CT molecular complexity index is 451. The number of anilines is 1. The van der Waals surface area contributed by atoms with Crippen LogP contribution in [-0.4, -0.2) is 19.1 Å². The standard InChI is InChI=1S/C15H21F3N2/c1-2-12(19)9-11-5-6-14(20-7-3-4-8-20)13(10-11)15(16,17)18/h5-6,10,12H,2-4,7-9,19H2,1H3. The predicted molar refractivity (Wildman–Crippen MR) is 74.9 cm³/mol. The van der Waals surface area contributed by atoms with E-state index in [-0.39, 0.29) is 6.04 Å². The minimum Gasteiger partial charge on any atom is -0.371 e. The average Bonchev–Trinajstić information content (AvgIpc) is 2.91. The molecule has 0 bridgehead atoms. The number of nitrogens with zero attached hydrogens (tertiary/aromatic N) is 1. The largest absolute Gasteiger partial charge is 0.418 e. The van der Waals surface area contributed by atoms with Gasteiger partial charge >= 0.3 is 6.18 Å². The minimum atomic E-state index is -4.32. The maximum atomic E-state index is 13.2. The molecule has 1 aliphatic heterocycles. The molecule has 20 heavy (non-hydrogen) atoms. The Kier molecular flexibility index (Phi) is 4.58. The van der Waals surface area contributed by atoms with Gasteiger partial charge in [-0.05, 0) is 43.4 Å². The van der Waals surface area contributed by atoms with Gasteiger partial charge in [-0.2, -0.15) is 13.2 Å². The fourth-order valence-corrected chi connectivity index (χ4v) is 2.62. The van der Waals surface area contributed by atoms with Crippen molar-refractivity contribution < 1.29 is 13.2 Å². The topological polar surface area (TPSA) is 29.3 Å². The van der Waals surface area contributed by atoms with Gasteiger partial charge in [-0.25, -0.2) is 0 Å². The van der Waals surface area contributed by atoms with E-state index in [1.54, 1.807) is 12.1 Å². The Balaban J connectivity index is 2.32. The Hall–Kier alpha value is -1.23. The molecule has 0 radical (unpaired) electrons. The predicted octanol–water partition coefficient (Wildman–Crippen LogP) is 3.59. The first-order chi connectivity index (χ1) is 9.41. The molecule has 0 aromatic heterocycles. The number of benzene rings is 1. The second-order valence-electron chi connectivity index (χ2n) is 5.42. The van der Waals surface area contributed by atoms with Gasteiger partial charge in [-0.15, -0.1) is 0 Å². The lowest BCUT2D eigenvalue weighted by atomic mass is 10.0. The van der Waals surface area contributed by atoms with Crippen LogP contribution in [0.15, 0.2) is 18.2 Å². The molecule has 1 unspecified atom stereocenters. The highest BCUT2D eigenvalue weighted by molar-refractivity contribution is 5.57. The van der Waals surface area contributed by atoms with Crippen LogP contribution < -0.4 is 10.6 Å². The number of nitrogens with two attached hydrogens (primary N) is 1. The number of hydrogen-bond acceptors (Lipinski definition) is 2.